The molecule has 0 spiro atoms. The first-order valence-corrected chi connectivity index (χ1v) is 12.9. The molecule has 1 fully saturated rings. The third-order valence-electron chi connectivity index (χ3n) is 5.71. The summed E-state index contributed by atoms with van der Waals surface area (Å²) in [6, 6.07) is 2.97. The number of aromatic nitrogens is 1. The Morgan fingerprint density at radius 2 is 1.89 bits per heavy atom. The molecule has 1 N–H and O–H groups in total. The number of nitrogens with zero attached hydrogens (tertiary/aromatic N) is 2. The van der Waals surface area contributed by atoms with Crippen LogP contribution >= 0.6 is 9.24 Å². The van der Waals surface area contributed by atoms with Crippen LogP contribution in [0.5, 0.6) is 0 Å². The predicted octanol–water partition coefficient (Wildman–Crippen LogP) is 6.08. The predicted molar refractivity (Wildman–Crippen MR) is 138 cm³/mol. The van der Waals surface area contributed by atoms with E-state index >= 15 is 0 Å². The van der Waals surface area contributed by atoms with E-state index in [9.17, 15) is 18.4 Å². The van der Waals surface area contributed by atoms with Gasteiger partial charge in [-0.25, -0.2) is 0 Å². The maximum Gasteiger partial charge on any atom is 0.303 e. The average molecular weight is 512 g/mol. The molecule has 1 amide bonds. The zero-order valence-corrected chi connectivity index (χ0v) is 23.2. The molecule has 1 saturated carbocycles. The highest BCUT2D eigenvalue weighted by atomic mass is 31.0. The van der Waals surface area contributed by atoms with Gasteiger partial charge in [-0.1, -0.05) is 36.4 Å². The van der Waals surface area contributed by atoms with Crippen LogP contribution in [0.3, 0.4) is 0 Å². The van der Waals surface area contributed by atoms with Gasteiger partial charge in [-0.15, -0.1) is 0 Å². The molecule has 0 saturated heterocycles. The number of ether oxygens (including phenoxy) is 1. The van der Waals surface area contributed by atoms with Crippen LogP contribution in [-0.4, -0.2) is 33.8 Å². The largest absolute Gasteiger partial charge is 0.460 e. The number of hydrogen-bond acceptors (Lipinski definition) is 5. The fraction of sp³-hybridized carbons (Fsp3) is 0.692. The number of pyridine rings is 1. The van der Waals surface area contributed by atoms with Gasteiger partial charge in [0, 0.05) is 18.4 Å². The van der Waals surface area contributed by atoms with E-state index in [0.29, 0.717) is 35.9 Å². The number of aliphatic imine (C=N–C) groups is 1. The van der Waals surface area contributed by atoms with Crippen molar-refractivity contribution in [2.24, 2.45) is 10.9 Å². The van der Waals surface area contributed by atoms with E-state index in [4.69, 9.17) is 9.73 Å². The Balaban J connectivity index is 0.000000466. The molecule has 9 heteroatoms. The Hall–Kier alpha value is -1.95. The van der Waals surface area contributed by atoms with Crippen LogP contribution in [0.1, 0.15) is 110 Å². The summed E-state index contributed by atoms with van der Waals surface area (Å²) in [6.07, 6.45) is 5.01. The van der Waals surface area contributed by atoms with E-state index in [1.54, 1.807) is 6.07 Å². The molecular formula is C26H40F2N3O3P. The summed E-state index contributed by atoms with van der Waals surface area (Å²) in [4.78, 5) is 32.1. The topological polar surface area (TPSA) is 80.7 Å². The fourth-order valence-corrected chi connectivity index (χ4v) is 4.17. The van der Waals surface area contributed by atoms with E-state index in [-0.39, 0.29) is 29.1 Å². The molecule has 2 heterocycles. The molecule has 35 heavy (non-hydrogen) atoms. The van der Waals surface area contributed by atoms with Crippen molar-refractivity contribution in [2.45, 2.75) is 110 Å². The van der Waals surface area contributed by atoms with E-state index in [1.165, 1.54) is 22.2 Å². The quantitative estimate of drug-likeness (QED) is 0.339. The molecule has 2 aliphatic rings. The van der Waals surface area contributed by atoms with Crippen molar-refractivity contribution in [2.75, 3.05) is 0 Å². The van der Waals surface area contributed by atoms with Gasteiger partial charge in [-0.05, 0) is 70.9 Å². The van der Waals surface area contributed by atoms with Crippen LogP contribution < -0.4 is 5.32 Å². The number of alkyl halides is 2. The molecule has 0 aromatic carbocycles. The molecule has 0 bridgehead atoms. The van der Waals surface area contributed by atoms with Gasteiger partial charge in [0.15, 0.2) is 0 Å². The van der Waals surface area contributed by atoms with Gasteiger partial charge in [0.1, 0.15) is 22.7 Å². The molecule has 1 aliphatic carbocycles. The number of esters is 1. The normalized spacial score (nSPS) is 20.2. The highest BCUT2D eigenvalue weighted by Crippen LogP contribution is 2.43. The summed E-state index contributed by atoms with van der Waals surface area (Å²) in [7, 11) is 1.54. The minimum Gasteiger partial charge on any atom is -0.460 e. The third-order valence-corrected chi connectivity index (χ3v) is 6.01. The van der Waals surface area contributed by atoms with Gasteiger partial charge in [-0.2, -0.15) is 8.78 Å². The van der Waals surface area contributed by atoms with Gasteiger partial charge in [-0.3, -0.25) is 19.6 Å². The highest BCUT2D eigenvalue weighted by Gasteiger charge is 2.44. The van der Waals surface area contributed by atoms with Gasteiger partial charge >= 0.3 is 5.97 Å². The molecule has 2 atom stereocenters. The maximum atomic E-state index is 13.7. The van der Waals surface area contributed by atoms with Gasteiger partial charge in [0.2, 0.25) is 0 Å². The van der Waals surface area contributed by atoms with Crippen molar-refractivity contribution in [3.05, 3.63) is 29.1 Å². The fourth-order valence-electron chi connectivity index (χ4n) is 4.01. The molecule has 3 rings (SSSR count). The summed E-state index contributed by atoms with van der Waals surface area (Å²) in [5.41, 5.74) is -3.09. The lowest BCUT2D eigenvalue weighted by atomic mass is 9.86. The number of amides is 1. The SMILES string of the molecule is CC(=O)OC(C)(C)C.CCCC1(CCC(C)C)N=C(c2ccc(C(F)(F)P)nc2C2CC2)NC1=O. The van der Waals surface area contributed by atoms with Gasteiger partial charge in [0.05, 0.1) is 5.69 Å². The molecule has 1 aromatic heterocycles. The number of carbonyl (C=O) groups is 2. The summed E-state index contributed by atoms with van der Waals surface area (Å²) in [6.45, 7) is 13.2. The van der Waals surface area contributed by atoms with Crippen LogP contribution in [0.2, 0.25) is 0 Å². The number of amidine groups is 1. The monoisotopic (exact) mass is 511 g/mol. The first-order chi connectivity index (χ1) is 16.1. The highest BCUT2D eigenvalue weighted by molar-refractivity contribution is 7.17. The number of halogens is 2. The Labute approximate surface area is 210 Å². The van der Waals surface area contributed by atoms with Crippen molar-refractivity contribution in [3.63, 3.8) is 0 Å². The van der Waals surface area contributed by atoms with E-state index in [0.717, 1.165) is 25.7 Å². The Morgan fingerprint density at radius 3 is 2.31 bits per heavy atom. The molecule has 1 aliphatic heterocycles. The summed E-state index contributed by atoms with van der Waals surface area (Å²) in [5.74, 6) is 0.840. The standard InChI is InChI=1S/C20H28F2N3OP.C6H12O2/c1-4-10-19(11-9-12(2)3)18(26)24-17(25-19)14-7-8-15(20(21,22)27)23-16(14)13-5-6-13;1-5(7)8-6(2,3)4/h7-8,12-13H,4-6,9-11,27H2,1-3H3,(H,24,25,26);1-4H3. The number of hydrogen-bond donors (Lipinski definition) is 1. The maximum absolute atomic E-state index is 13.7. The first kappa shape index (κ1) is 29.3. The zero-order valence-electron chi connectivity index (χ0n) is 22.0. The Bertz CT molecular complexity index is 950. The van der Waals surface area contributed by atoms with Crippen molar-refractivity contribution < 1.29 is 23.1 Å². The van der Waals surface area contributed by atoms with Crippen LogP contribution in [0.15, 0.2) is 17.1 Å². The van der Waals surface area contributed by atoms with Crippen LogP contribution in [-0.2, 0) is 20.0 Å². The lowest BCUT2D eigenvalue weighted by Gasteiger charge is -2.23. The summed E-state index contributed by atoms with van der Waals surface area (Å²) in [5, 5.41) is 2.93. The zero-order chi connectivity index (χ0) is 26.6. The first-order valence-electron chi connectivity index (χ1n) is 12.4. The third kappa shape index (κ3) is 8.59. The number of rotatable bonds is 8. The van der Waals surface area contributed by atoms with Crippen LogP contribution in [0, 0.1) is 5.92 Å². The second-order valence-electron chi connectivity index (χ2n) is 10.9. The molecule has 2 unspecified atom stereocenters. The van der Waals surface area contributed by atoms with Crippen molar-refractivity contribution in [1.29, 1.82) is 0 Å². The number of carbonyl (C=O) groups excluding carboxylic acids is 2. The molecule has 6 nitrogen and oxygen atoms in total. The molecule has 0 radical (unpaired) electrons. The van der Waals surface area contributed by atoms with Crippen LogP contribution in [0.25, 0.3) is 0 Å². The van der Waals surface area contributed by atoms with Crippen molar-refractivity contribution in [3.8, 4) is 0 Å². The lowest BCUT2D eigenvalue weighted by molar-refractivity contribution is -0.151. The minimum atomic E-state index is -3.06. The van der Waals surface area contributed by atoms with Crippen LogP contribution in [0.4, 0.5) is 8.78 Å². The smallest absolute Gasteiger partial charge is 0.303 e. The van der Waals surface area contributed by atoms with Gasteiger partial charge in [0.25, 0.3) is 11.6 Å². The second kappa shape index (κ2) is 11.4. The van der Waals surface area contributed by atoms with E-state index < -0.39 is 11.2 Å². The average Bonchev–Trinajstić information content (AvgIpc) is 3.49. The van der Waals surface area contributed by atoms with E-state index in [1.807, 2.05) is 27.7 Å². The Kier molecular flexibility index (Phi) is 9.54. The Morgan fingerprint density at radius 1 is 1.26 bits per heavy atom. The second-order valence-corrected chi connectivity index (χ2v) is 11.6. The molecule has 196 valence electrons. The number of nitrogens with one attached hydrogen (secondary N) is 1. The van der Waals surface area contributed by atoms with Crippen molar-refractivity contribution in [1.82, 2.24) is 10.3 Å². The molecular weight excluding hydrogens is 471 g/mol. The molecule has 1 aromatic rings. The summed E-state index contributed by atoms with van der Waals surface area (Å²) >= 11 is 0. The minimum absolute atomic E-state index is 0.0813. The van der Waals surface area contributed by atoms with Crippen molar-refractivity contribution >= 4 is 27.0 Å². The summed E-state index contributed by atoms with van der Waals surface area (Å²) < 4.78 is 32.2. The van der Waals surface area contributed by atoms with Gasteiger partial charge < -0.3 is 10.1 Å². The lowest BCUT2D eigenvalue weighted by Crippen LogP contribution is -2.40. The van der Waals surface area contributed by atoms with E-state index in [2.05, 4.69) is 24.1 Å².